The van der Waals surface area contributed by atoms with Crippen molar-refractivity contribution in [2.24, 2.45) is 0 Å². The van der Waals surface area contributed by atoms with Gasteiger partial charge in [-0.15, -0.1) is 0 Å². The van der Waals surface area contributed by atoms with Gasteiger partial charge >= 0.3 is 0 Å². The van der Waals surface area contributed by atoms with Crippen molar-refractivity contribution >= 4 is 5.57 Å². The third kappa shape index (κ3) is 4.66. The van der Waals surface area contributed by atoms with E-state index in [4.69, 9.17) is 4.74 Å². The number of hydrogen-bond donors (Lipinski definition) is 0. The van der Waals surface area contributed by atoms with E-state index >= 15 is 0 Å². The molecule has 0 heterocycles. The molecule has 1 rings (SSSR count). The highest BCUT2D eigenvalue weighted by molar-refractivity contribution is 5.64. The molecule has 0 bridgehead atoms. The van der Waals surface area contributed by atoms with Crippen molar-refractivity contribution < 1.29 is 4.74 Å². The first-order valence-electron chi connectivity index (χ1n) is 6.81. The molecule has 0 unspecified atom stereocenters. The molecule has 1 nitrogen and oxygen atoms in total. The van der Waals surface area contributed by atoms with E-state index in [0.717, 1.165) is 18.6 Å². The summed E-state index contributed by atoms with van der Waals surface area (Å²) in [5.74, 6) is 0. The average Bonchev–Trinajstić information content (AvgIpc) is 2.33. The van der Waals surface area contributed by atoms with E-state index in [1.165, 1.54) is 17.5 Å². The fraction of sp³-hybridized carbons (Fsp3) is 0.529. The lowest BCUT2D eigenvalue weighted by molar-refractivity contribution is 0.164. The third-order valence-corrected chi connectivity index (χ3v) is 3.08. The van der Waals surface area contributed by atoms with Crippen LogP contribution in [-0.2, 0) is 10.2 Å². The first-order chi connectivity index (χ1) is 8.45. The Balaban J connectivity index is 2.54. The van der Waals surface area contributed by atoms with E-state index in [0.29, 0.717) is 6.61 Å². The maximum atomic E-state index is 5.59. The van der Waals surface area contributed by atoms with Gasteiger partial charge < -0.3 is 4.74 Å². The standard InChI is InChI=1S/C17H26O/c1-6-7-12-18-13-14(2)15-8-10-16(11-9-15)17(3,4)5/h8-11H,2,6-7,12-13H2,1,3-5H3. The summed E-state index contributed by atoms with van der Waals surface area (Å²) in [5, 5.41) is 0. The van der Waals surface area contributed by atoms with E-state index in [2.05, 4.69) is 58.5 Å². The molecular weight excluding hydrogens is 220 g/mol. The summed E-state index contributed by atoms with van der Waals surface area (Å²) < 4.78 is 5.59. The second-order valence-corrected chi connectivity index (χ2v) is 5.84. The monoisotopic (exact) mass is 246 g/mol. The highest BCUT2D eigenvalue weighted by Gasteiger charge is 2.13. The van der Waals surface area contributed by atoms with Gasteiger partial charge in [0.15, 0.2) is 0 Å². The van der Waals surface area contributed by atoms with E-state index in [9.17, 15) is 0 Å². The number of rotatable bonds is 6. The van der Waals surface area contributed by atoms with Crippen LogP contribution < -0.4 is 0 Å². The van der Waals surface area contributed by atoms with Crippen LogP contribution in [-0.4, -0.2) is 13.2 Å². The zero-order chi connectivity index (χ0) is 13.6. The number of ether oxygens (including phenoxy) is 1. The molecular formula is C17H26O. The minimum atomic E-state index is 0.206. The molecule has 0 aliphatic carbocycles. The largest absolute Gasteiger partial charge is 0.377 e. The molecule has 0 aliphatic rings. The third-order valence-electron chi connectivity index (χ3n) is 3.08. The van der Waals surface area contributed by atoms with Gasteiger partial charge in [-0.3, -0.25) is 0 Å². The van der Waals surface area contributed by atoms with Gasteiger partial charge in [-0.05, 0) is 28.5 Å². The van der Waals surface area contributed by atoms with Crippen LogP contribution in [0.4, 0.5) is 0 Å². The predicted octanol–water partition coefficient (Wildman–Crippen LogP) is 4.81. The zero-order valence-corrected chi connectivity index (χ0v) is 12.3. The van der Waals surface area contributed by atoms with Gasteiger partial charge in [0, 0.05) is 6.61 Å². The molecule has 0 atom stereocenters. The quantitative estimate of drug-likeness (QED) is 0.654. The SMILES string of the molecule is C=C(COCCCC)c1ccc(C(C)(C)C)cc1. The van der Waals surface area contributed by atoms with Crippen molar-refractivity contribution in [1.82, 2.24) is 0 Å². The molecule has 0 radical (unpaired) electrons. The van der Waals surface area contributed by atoms with E-state index < -0.39 is 0 Å². The van der Waals surface area contributed by atoms with Crippen LogP contribution in [0.2, 0.25) is 0 Å². The minimum absolute atomic E-state index is 0.206. The van der Waals surface area contributed by atoms with Crippen LogP contribution in [0.15, 0.2) is 30.8 Å². The average molecular weight is 246 g/mol. The van der Waals surface area contributed by atoms with Gasteiger partial charge in [0.2, 0.25) is 0 Å². The molecule has 0 saturated heterocycles. The van der Waals surface area contributed by atoms with Crippen LogP contribution in [0.5, 0.6) is 0 Å². The summed E-state index contributed by atoms with van der Waals surface area (Å²) in [6.07, 6.45) is 2.29. The highest BCUT2D eigenvalue weighted by atomic mass is 16.5. The van der Waals surface area contributed by atoms with E-state index in [1.54, 1.807) is 0 Å². The van der Waals surface area contributed by atoms with Gasteiger partial charge in [-0.25, -0.2) is 0 Å². The van der Waals surface area contributed by atoms with Crippen LogP contribution in [0, 0.1) is 0 Å². The summed E-state index contributed by atoms with van der Waals surface area (Å²) in [5.41, 5.74) is 3.80. The molecule has 0 saturated carbocycles. The first-order valence-corrected chi connectivity index (χ1v) is 6.81. The molecule has 0 amide bonds. The molecule has 1 aromatic carbocycles. The minimum Gasteiger partial charge on any atom is -0.377 e. The lowest BCUT2D eigenvalue weighted by atomic mass is 9.86. The summed E-state index contributed by atoms with van der Waals surface area (Å²) in [4.78, 5) is 0. The van der Waals surface area contributed by atoms with Crippen molar-refractivity contribution in [3.05, 3.63) is 42.0 Å². The second kappa shape index (κ2) is 6.75. The zero-order valence-electron chi connectivity index (χ0n) is 12.3. The fourth-order valence-electron chi connectivity index (χ4n) is 1.73. The van der Waals surface area contributed by atoms with Gasteiger partial charge in [-0.2, -0.15) is 0 Å². The van der Waals surface area contributed by atoms with Crippen LogP contribution in [0.3, 0.4) is 0 Å². The molecule has 100 valence electrons. The summed E-state index contributed by atoms with van der Waals surface area (Å²) in [6, 6.07) is 8.66. The first kappa shape index (κ1) is 15.0. The Morgan fingerprint density at radius 1 is 1.17 bits per heavy atom. The van der Waals surface area contributed by atoms with Crippen LogP contribution >= 0.6 is 0 Å². The molecule has 1 heteroatoms. The predicted molar refractivity (Wildman–Crippen MR) is 79.9 cm³/mol. The maximum Gasteiger partial charge on any atom is 0.0716 e. The Morgan fingerprint density at radius 3 is 2.28 bits per heavy atom. The molecule has 0 aliphatic heterocycles. The lowest BCUT2D eigenvalue weighted by Gasteiger charge is -2.19. The Kier molecular flexibility index (Phi) is 5.61. The van der Waals surface area contributed by atoms with Crippen molar-refractivity contribution in [2.45, 2.75) is 46.0 Å². The summed E-state index contributed by atoms with van der Waals surface area (Å²) in [6.45, 7) is 14.4. The Labute approximate surface area is 112 Å². The van der Waals surface area contributed by atoms with Crippen LogP contribution in [0.25, 0.3) is 5.57 Å². The molecule has 1 aromatic rings. The molecule has 0 fully saturated rings. The van der Waals surface area contributed by atoms with Crippen molar-refractivity contribution in [3.8, 4) is 0 Å². The molecule has 0 N–H and O–H groups in total. The van der Waals surface area contributed by atoms with Crippen molar-refractivity contribution in [2.75, 3.05) is 13.2 Å². The van der Waals surface area contributed by atoms with Gasteiger partial charge in [0.1, 0.15) is 0 Å². The van der Waals surface area contributed by atoms with E-state index in [1.807, 2.05) is 0 Å². The Bertz CT molecular complexity index is 368. The van der Waals surface area contributed by atoms with Crippen molar-refractivity contribution in [3.63, 3.8) is 0 Å². The number of hydrogen-bond acceptors (Lipinski definition) is 1. The van der Waals surface area contributed by atoms with E-state index in [-0.39, 0.29) is 5.41 Å². The number of unbranched alkanes of at least 4 members (excludes halogenated alkanes) is 1. The second-order valence-electron chi connectivity index (χ2n) is 5.84. The Morgan fingerprint density at radius 2 is 1.78 bits per heavy atom. The smallest absolute Gasteiger partial charge is 0.0716 e. The van der Waals surface area contributed by atoms with Gasteiger partial charge in [0.05, 0.1) is 6.61 Å². The molecule has 18 heavy (non-hydrogen) atoms. The molecule has 0 aromatic heterocycles. The van der Waals surface area contributed by atoms with Gasteiger partial charge in [0.25, 0.3) is 0 Å². The topological polar surface area (TPSA) is 9.23 Å². The summed E-state index contributed by atoms with van der Waals surface area (Å²) >= 11 is 0. The molecule has 0 spiro atoms. The normalized spacial score (nSPS) is 11.6. The maximum absolute atomic E-state index is 5.59. The fourth-order valence-corrected chi connectivity index (χ4v) is 1.73. The Hall–Kier alpha value is -1.08. The van der Waals surface area contributed by atoms with Gasteiger partial charge in [-0.1, -0.05) is 65.0 Å². The highest BCUT2D eigenvalue weighted by Crippen LogP contribution is 2.23. The summed E-state index contributed by atoms with van der Waals surface area (Å²) in [7, 11) is 0. The number of benzene rings is 1. The van der Waals surface area contributed by atoms with Crippen LogP contribution in [0.1, 0.15) is 51.7 Å². The van der Waals surface area contributed by atoms with Crippen molar-refractivity contribution in [1.29, 1.82) is 0 Å². The lowest BCUT2D eigenvalue weighted by Crippen LogP contribution is -2.10.